The third-order valence-corrected chi connectivity index (χ3v) is 3.72. The van der Waals surface area contributed by atoms with Crippen molar-refractivity contribution in [2.24, 2.45) is 0 Å². The summed E-state index contributed by atoms with van der Waals surface area (Å²) in [5.74, 6) is -2.61. The number of aromatic carboxylic acids is 1. The lowest BCUT2D eigenvalue weighted by Crippen LogP contribution is -2.26. The van der Waals surface area contributed by atoms with Crippen LogP contribution in [0.25, 0.3) is 0 Å². The molecule has 1 saturated carbocycles. The third kappa shape index (κ3) is 4.53. The quantitative estimate of drug-likeness (QED) is 0.759. The first-order valence-electron chi connectivity index (χ1n) is 7.50. The van der Waals surface area contributed by atoms with E-state index in [0.717, 1.165) is 18.9 Å². The first-order chi connectivity index (χ1) is 10.6. The number of carbonyl (C=O) groups excluding carboxylic acids is 1. The van der Waals surface area contributed by atoms with Gasteiger partial charge in [-0.25, -0.2) is 9.18 Å². The van der Waals surface area contributed by atoms with Crippen molar-refractivity contribution >= 4 is 11.9 Å². The van der Waals surface area contributed by atoms with E-state index in [4.69, 9.17) is 9.84 Å². The van der Waals surface area contributed by atoms with Crippen LogP contribution >= 0.6 is 0 Å². The van der Waals surface area contributed by atoms with E-state index in [1.807, 2.05) is 0 Å². The van der Waals surface area contributed by atoms with Gasteiger partial charge in [-0.1, -0.05) is 12.8 Å². The van der Waals surface area contributed by atoms with Crippen LogP contribution in [0.5, 0.6) is 0 Å². The molecule has 120 valence electrons. The maximum atomic E-state index is 13.7. The second kappa shape index (κ2) is 7.89. The topological polar surface area (TPSA) is 75.6 Å². The molecular weight excluding hydrogens is 289 g/mol. The van der Waals surface area contributed by atoms with E-state index in [0.29, 0.717) is 25.7 Å². The van der Waals surface area contributed by atoms with E-state index >= 15 is 0 Å². The molecule has 0 radical (unpaired) electrons. The Morgan fingerprint density at radius 3 is 2.68 bits per heavy atom. The highest BCUT2D eigenvalue weighted by molar-refractivity contribution is 5.96. The Kier molecular flexibility index (Phi) is 5.89. The van der Waals surface area contributed by atoms with Gasteiger partial charge in [0.15, 0.2) is 0 Å². The second-order valence-corrected chi connectivity index (χ2v) is 5.39. The fourth-order valence-corrected chi connectivity index (χ4v) is 2.51. The van der Waals surface area contributed by atoms with Crippen molar-refractivity contribution in [2.75, 3.05) is 13.2 Å². The van der Waals surface area contributed by atoms with Gasteiger partial charge in [0.05, 0.1) is 17.2 Å². The summed E-state index contributed by atoms with van der Waals surface area (Å²) >= 11 is 0. The zero-order valence-corrected chi connectivity index (χ0v) is 12.3. The molecule has 6 heteroatoms. The van der Waals surface area contributed by atoms with E-state index in [1.165, 1.54) is 25.0 Å². The zero-order valence-electron chi connectivity index (χ0n) is 12.3. The molecule has 5 nitrogen and oxygen atoms in total. The molecule has 1 aliphatic carbocycles. The highest BCUT2D eigenvalue weighted by Crippen LogP contribution is 2.20. The molecule has 1 aromatic carbocycles. The Balaban J connectivity index is 1.73. The molecule has 0 bridgehead atoms. The summed E-state index contributed by atoms with van der Waals surface area (Å²) in [6, 6.07) is 3.24. The van der Waals surface area contributed by atoms with Gasteiger partial charge in [-0.05, 0) is 37.5 Å². The number of carbonyl (C=O) groups is 2. The van der Waals surface area contributed by atoms with Gasteiger partial charge in [-0.2, -0.15) is 0 Å². The van der Waals surface area contributed by atoms with Crippen LogP contribution in [-0.4, -0.2) is 36.2 Å². The van der Waals surface area contributed by atoms with Crippen LogP contribution in [0.2, 0.25) is 0 Å². The van der Waals surface area contributed by atoms with Crippen LogP contribution < -0.4 is 5.32 Å². The summed E-state index contributed by atoms with van der Waals surface area (Å²) in [5, 5.41) is 11.4. The van der Waals surface area contributed by atoms with Gasteiger partial charge in [0.2, 0.25) is 0 Å². The predicted molar refractivity (Wildman–Crippen MR) is 78.5 cm³/mol. The van der Waals surface area contributed by atoms with Crippen molar-refractivity contribution in [1.29, 1.82) is 0 Å². The van der Waals surface area contributed by atoms with Gasteiger partial charge >= 0.3 is 5.97 Å². The van der Waals surface area contributed by atoms with E-state index in [9.17, 15) is 14.0 Å². The second-order valence-electron chi connectivity index (χ2n) is 5.39. The molecule has 0 spiro atoms. The number of benzene rings is 1. The van der Waals surface area contributed by atoms with Crippen LogP contribution in [0.15, 0.2) is 18.2 Å². The van der Waals surface area contributed by atoms with Crippen molar-refractivity contribution in [3.05, 3.63) is 35.1 Å². The van der Waals surface area contributed by atoms with E-state index in [-0.39, 0.29) is 11.1 Å². The van der Waals surface area contributed by atoms with Crippen molar-refractivity contribution in [3.63, 3.8) is 0 Å². The van der Waals surface area contributed by atoms with Crippen LogP contribution in [0.1, 0.15) is 52.8 Å². The molecule has 22 heavy (non-hydrogen) atoms. The Morgan fingerprint density at radius 2 is 2.05 bits per heavy atom. The standard InChI is InChI=1S/C16H20FNO4/c17-14-10-11(16(20)21)6-7-13(14)15(19)18-8-3-9-22-12-4-1-2-5-12/h6-7,10,12H,1-5,8-9H2,(H,18,19)(H,20,21). The monoisotopic (exact) mass is 309 g/mol. The Bertz CT molecular complexity index is 541. The van der Waals surface area contributed by atoms with Crippen molar-refractivity contribution in [3.8, 4) is 0 Å². The molecule has 0 atom stereocenters. The van der Waals surface area contributed by atoms with Crippen LogP contribution in [-0.2, 0) is 4.74 Å². The molecule has 1 aromatic rings. The summed E-state index contributed by atoms with van der Waals surface area (Å²) in [6.07, 6.45) is 5.65. The molecule has 0 heterocycles. The van der Waals surface area contributed by atoms with Crippen molar-refractivity contribution in [2.45, 2.75) is 38.2 Å². The number of amides is 1. The van der Waals surface area contributed by atoms with Crippen LogP contribution in [0, 0.1) is 5.82 Å². The summed E-state index contributed by atoms with van der Waals surface area (Å²) in [6.45, 7) is 0.969. The number of carboxylic acid groups (broad SMARTS) is 1. The van der Waals surface area contributed by atoms with Gasteiger partial charge in [-0.3, -0.25) is 4.79 Å². The molecule has 1 aliphatic rings. The molecule has 0 unspecified atom stereocenters. The molecule has 2 rings (SSSR count). The molecule has 1 fully saturated rings. The van der Waals surface area contributed by atoms with Crippen LogP contribution in [0.3, 0.4) is 0 Å². The normalized spacial score (nSPS) is 15.0. The molecule has 2 N–H and O–H groups in total. The number of hydrogen-bond donors (Lipinski definition) is 2. The SMILES string of the molecule is O=C(O)c1ccc(C(=O)NCCCOC2CCCC2)c(F)c1. The number of rotatable bonds is 7. The van der Waals surface area contributed by atoms with Gasteiger partial charge in [0.1, 0.15) is 5.82 Å². The lowest BCUT2D eigenvalue weighted by Gasteiger charge is -2.11. The largest absolute Gasteiger partial charge is 0.478 e. The summed E-state index contributed by atoms with van der Waals surface area (Å²) < 4.78 is 19.4. The Morgan fingerprint density at radius 1 is 1.32 bits per heavy atom. The molecule has 1 amide bonds. The highest BCUT2D eigenvalue weighted by Gasteiger charge is 2.16. The molecule has 0 aromatic heterocycles. The lowest BCUT2D eigenvalue weighted by atomic mass is 10.1. The van der Waals surface area contributed by atoms with Crippen molar-refractivity contribution in [1.82, 2.24) is 5.32 Å². The van der Waals surface area contributed by atoms with E-state index < -0.39 is 17.7 Å². The first kappa shape index (κ1) is 16.4. The van der Waals surface area contributed by atoms with E-state index in [2.05, 4.69) is 5.32 Å². The Hall–Kier alpha value is -1.95. The average molecular weight is 309 g/mol. The fraction of sp³-hybridized carbons (Fsp3) is 0.500. The summed E-state index contributed by atoms with van der Waals surface area (Å²) in [5.41, 5.74) is -0.333. The van der Waals surface area contributed by atoms with Gasteiger partial charge in [-0.15, -0.1) is 0 Å². The zero-order chi connectivity index (χ0) is 15.9. The first-order valence-corrected chi connectivity index (χ1v) is 7.50. The minimum Gasteiger partial charge on any atom is -0.478 e. The summed E-state index contributed by atoms with van der Waals surface area (Å²) in [7, 11) is 0. The number of carboxylic acids is 1. The smallest absolute Gasteiger partial charge is 0.335 e. The van der Waals surface area contributed by atoms with Crippen LogP contribution in [0.4, 0.5) is 4.39 Å². The maximum absolute atomic E-state index is 13.7. The summed E-state index contributed by atoms with van der Waals surface area (Å²) in [4.78, 5) is 22.5. The molecule has 0 saturated heterocycles. The molecule has 0 aliphatic heterocycles. The minimum absolute atomic E-state index is 0.151. The Labute approximate surface area is 128 Å². The highest BCUT2D eigenvalue weighted by atomic mass is 19.1. The van der Waals surface area contributed by atoms with Gasteiger partial charge < -0.3 is 15.2 Å². The number of ether oxygens (including phenoxy) is 1. The van der Waals surface area contributed by atoms with Crippen molar-refractivity contribution < 1.29 is 23.8 Å². The lowest BCUT2D eigenvalue weighted by molar-refractivity contribution is 0.0565. The minimum atomic E-state index is -1.23. The van der Waals surface area contributed by atoms with Gasteiger partial charge in [0, 0.05) is 13.2 Å². The van der Waals surface area contributed by atoms with E-state index in [1.54, 1.807) is 0 Å². The predicted octanol–water partition coefficient (Wildman–Crippen LogP) is 2.60. The van der Waals surface area contributed by atoms with Gasteiger partial charge in [0.25, 0.3) is 5.91 Å². The average Bonchev–Trinajstić information content (AvgIpc) is 2.99. The third-order valence-electron chi connectivity index (χ3n) is 3.72. The number of halogens is 1. The fourth-order valence-electron chi connectivity index (χ4n) is 2.51. The molecular formula is C16H20FNO4. The number of hydrogen-bond acceptors (Lipinski definition) is 3. The number of nitrogens with one attached hydrogen (secondary N) is 1. The maximum Gasteiger partial charge on any atom is 0.335 e.